The Bertz CT molecular complexity index is 1910. The summed E-state index contributed by atoms with van der Waals surface area (Å²) in [6, 6.07) is 55.9. The predicted octanol–water partition coefficient (Wildman–Crippen LogP) is 10.5. The molecule has 0 bridgehead atoms. The van der Waals surface area contributed by atoms with Crippen LogP contribution in [0.2, 0.25) is 0 Å². The standard InChI is InChI=1S/C39H31N3/c1-41(36-24-16-34(40)17-25-36)35-18-10-30(11-19-35)31-12-20-37(21-13-31)42(38-22-14-28-6-2-4-8-32(28)26-38)39-23-15-29-7-3-5-9-33(29)27-39/h2-27H,40H2,1H3. The maximum Gasteiger partial charge on any atom is 0.0468 e. The van der Waals surface area contributed by atoms with E-state index in [2.05, 4.69) is 150 Å². The van der Waals surface area contributed by atoms with Crippen LogP contribution < -0.4 is 15.5 Å². The fraction of sp³-hybridized carbons (Fsp3) is 0.0256. The van der Waals surface area contributed by atoms with Gasteiger partial charge in [-0.2, -0.15) is 0 Å². The summed E-state index contributed by atoms with van der Waals surface area (Å²) < 4.78 is 0. The molecular weight excluding hydrogens is 510 g/mol. The van der Waals surface area contributed by atoms with E-state index in [0.29, 0.717) is 0 Å². The van der Waals surface area contributed by atoms with Crippen LogP contribution in [0.3, 0.4) is 0 Å². The van der Waals surface area contributed by atoms with Crippen molar-refractivity contribution in [1.29, 1.82) is 0 Å². The molecule has 0 amide bonds. The highest BCUT2D eigenvalue weighted by molar-refractivity contribution is 5.92. The molecule has 7 aromatic carbocycles. The Hall–Kier alpha value is -5.54. The first-order valence-electron chi connectivity index (χ1n) is 14.2. The zero-order valence-corrected chi connectivity index (χ0v) is 23.5. The minimum atomic E-state index is 0.769. The fourth-order valence-electron chi connectivity index (χ4n) is 5.61. The van der Waals surface area contributed by atoms with Gasteiger partial charge in [-0.15, -0.1) is 0 Å². The number of hydrogen-bond donors (Lipinski definition) is 1. The van der Waals surface area contributed by atoms with E-state index < -0.39 is 0 Å². The Morgan fingerprint density at radius 1 is 0.381 bits per heavy atom. The van der Waals surface area contributed by atoms with Crippen molar-refractivity contribution in [3.63, 3.8) is 0 Å². The molecule has 0 saturated carbocycles. The number of hydrogen-bond acceptors (Lipinski definition) is 3. The van der Waals surface area contributed by atoms with Crippen LogP contribution in [0.5, 0.6) is 0 Å². The van der Waals surface area contributed by atoms with Gasteiger partial charge in [-0.1, -0.05) is 84.9 Å². The van der Waals surface area contributed by atoms with Crippen molar-refractivity contribution >= 4 is 55.7 Å². The lowest BCUT2D eigenvalue weighted by Gasteiger charge is -2.26. The molecule has 7 rings (SSSR count). The molecule has 2 N–H and O–H groups in total. The molecule has 7 aromatic rings. The number of benzene rings is 7. The molecule has 0 heterocycles. The average Bonchev–Trinajstić information content (AvgIpc) is 3.05. The van der Waals surface area contributed by atoms with Gasteiger partial charge in [-0.3, -0.25) is 0 Å². The van der Waals surface area contributed by atoms with Crippen LogP contribution in [0.1, 0.15) is 0 Å². The maximum atomic E-state index is 5.87. The van der Waals surface area contributed by atoms with Crippen LogP contribution in [0.25, 0.3) is 32.7 Å². The molecule has 0 aliphatic heterocycles. The van der Waals surface area contributed by atoms with Crippen molar-refractivity contribution in [2.45, 2.75) is 0 Å². The molecule has 0 aromatic heterocycles. The highest BCUT2D eigenvalue weighted by Gasteiger charge is 2.14. The molecular formula is C39H31N3. The van der Waals surface area contributed by atoms with E-state index >= 15 is 0 Å². The van der Waals surface area contributed by atoms with Gasteiger partial charge in [0.2, 0.25) is 0 Å². The zero-order chi connectivity index (χ0) is 28.5. The third-order valence-corrected chi connectivity index (χ3v) is 7.98. The van der Waals surface area contributed by atoms with Crippen molar-refractivity contribution in [3.8, 4) is 11.1 Å². The number of nitrogens with two attached hydrogens (primary N) is 1. The van der Waals surface area contributed by atoms with E-state index in [9.17, 15) is 0 Å². The molecule has 0 fully saturated rings. The van der Waals surface area contributed by atoms with E-state index in [4.69, 9.17) is 5.73 Å². The largest absolute Gasteiger partial charge is 0.399 e. The van der Waals surface area contributed by atoms with Crippen molar-refractivity contribution in [1.82, 2.24) is 0 Å². The van der Waals surface area contributed by atoms with E-state index in [1.165, 1.54) is 32.7 Å². The summed E-state index contributed by atoms with van der Waals surface area (Å²) in [5.41, 5.74) is 14.6. The van der Waals surface area contributed by atoms with E-state index in [0.717, 1.165) is 34.1 Å². The van der Waals surface area contributed by atoms with Crippen LogP contribution in [-0.4, -0.2) is 7.05 Å². The Morgan fingerprint density at radius 3 is 1.24 bits per heavy atom. The zero-order valence-electron chi connectivity index (χ0n) is 23.5. The molecule has 0 spiro atoms. The molecule has 3 nitrogen and oxygen atoms in total. The van der Waals surface area contributed by atoms with Gasteiger partial charge in [0.1, 0.15) is 0 Å². The summed E-state index contributed by atoms with van der Waals surface area (Å²) in [6.45, 7) is 0. The Morgan fingerprint density at radius 2 is 0.762 bits per heavy atom. The molecule has 0 aliphatic rings. The summed E-state index contributed by atoms with van der Waals surface area (Å²) in [5, 5.41) is 4.92. The van der Waals surface area contributed by atoms with Crippen molar-refractivity contribution < 1.29 is 0 Å². The molecule has 0 atom stereocenters. The normalized spacial score (nSPS) is 11.1. The van der Waals surface area contributed by atoms with Gasteiger partial charge in [0.25, 0.3) is 0 Å². The van der Waals surface area contributed by atoms with Crippen LogP contribution in [0.15, 0.2) is 158 Å². The summed E-state index contributed by atoms with van der Waals surface area (Å²) in [6.07, 6.45) is 0. The number of nitrogen functional groups attached to an aromatic ring is 1. The number of fused-ring (bicyclic) bond motifs is 2. The summed E-state index contributed by atoms with van der Waals surface area (Å²) in [5.74, 6) is 0. The predicted molar refractivity (Wildman–Crippen MR) is 180 cm³/mol. The highest BCUT2D eigenvalue weighted by Crippen LogP contribution is 2.38. The smallest absolute Gasteiger partial charge is 0.0468 e. The number of nitrogens with zero attached hydrogens (tertiary/aromatic N) is 2. The molecule has 0 saturated heterocycles. The van der Waals surface area contributed by atoms with Gasteiger partial charge in [0.05, 0.1) is 0 Å². The molecule has 202 valence electrons. The minimum absolute atomic E-state index is 0.769. The van der Waals surface area contributed by atoms with Gasteiger partial charge in [-0.25, -0.2) is 0 Å². The lowest BCUT2D eigenvalue weighted by molar-refractivity contribution is 1.21. The van der Waals surface area contributed by atoms with Crippen molar-refractivity contribution in [3.05, 3.63) is 158 Å². The summed E-state index contributed by atoms with van der Waals surface area (Å²) in [4.78, 5) is 4.50. The van der Waals surface area contributed by atoms with E-state index in [-0.39, 0.29) is 0 Å². The van der Waals surface area contributed by atoms with Crippen LogP contribution in [0, 0.1) is 0 Å². The first-order valence-corrected chi connectivity index (χ1v) is 14.2. The molecule has 0 aliphatic carbocycles. The van der Waals surface area contributed by atoms with Crippen LogP contribution >= 0.6 is 0 Å². The van der Waals surface area contributed by atoms with Gasteiger partial charge in [0, 0.05) is 41.2 Å². The second-order valence-electron chi connectivity index (χ2n) is 10.6. The molecule has 42 heavy (non-hydrogen) atoms. The Kier molecular flexibility index (Phi) is 6.54. The summed E-state index contributed by atoms with van der Waals surface area (Å²) >= 11 is 0. The lowest BCUT2D eigenvalue weighted by Crippen LogP contribution is -2.10. The maximum absolute atomic E-state index is 5.87. The second kappa shape index (κ2) is 10.8. The average molecular weight is 542 g/mol. The van der Waals surface area contributed by atoms with E-state index in [1.807, 2.05) is 24.3 Å². The fourth-order valence-corrected chi connectivity index (χ4v) is 5.61. The minimum Gasteiger partial charge on any atom is -0.399 e. The first-order chi connectivity index (χ1) is 20.6. The SMILES string of the molecule is CN(c1ccc(N)cc1)c1ccc(-c2ccc(N(c3ccc4ccccc4c3)c3ccc4ccccc4c3)cc2)cc1. The van der Waals surface area contributed by atoms with Crippen LogP contribution in [0.4, 0.5) is 34.1 Å². The topological polar surface area (TPSA) is 32.5 Å². The van der Waals surface area contributed by atoms with Gasteiger partial charge in [0.15, 0.2) is 0 Å². The lowest BCUT2D eigenvalue weighted by atomic mass is 10.0. The van der Waals surface area contributed by atoms with Gasteiger partial charge in [-0.05, 0) is 105 Å². The van der Waals surface area contributed by atoms with Crippen molar-refractivity contribution in [2.75, 3.05) is 22.6 Å². The Labute approximate surface area is 246 Å². The molecule has 3 heteroatoms. The quantitative estimate of drug-likeness (QED) is 0.213. The highest BCUT2D eigenvalue weighted by atomic mass is 15.1. The van der Waals surface area contributed by atoms with E-state index in [1.54, 1.807) is 0 Å². The monoisotopic (exact) mass is 541 g/mol. The third kappa shape index (κ3) is 4.93. The molecule has 0 radical (unpaired) electrons. The number of rotatable bonds is 6. The van der Waals surface area contributed by atoms with Crippen LogP contribution in [-0.2, 0) is 0 Å². The van der Waals surface area contributed by atoms with Gasteiger partial charge >= 0.3 is 0 Å². The first kappa shape index (κ1) is 25.4. The second-order valence-corrected chi connectivity index (χ2v) is 10.6. The number of anilines is 6. The Balaban J connectivity index is 1.23. The third-order valence-electron chi connectivity index (χ3n) is 7.98. The van der Waals surface area contributed by atoms with Crippen molar-refractivity contribution in [2.24, 2.45) is 0 Å². The summed E-state index contributed by atoms with van der Waals surface area (Å²) in [7, 11) is 2.07. The molecule has 0 unspecified atom stereocenters. The van der Waals surface area contributed by atoms with Gasteiger partial charge < -0.3 is 15.5 Å².